The number of rotatable bonds is 5. The molecular weight excluding hydrogens is 330 g/mol. The number of aromatic carboxylic acids is 1. The first-order valence-corrected chi connectivity index (χ1v) is 8.25. The Morgan fingerprint density at radius 3 is 2.00 bits per heavy atom. The van der Waals surface area contributed by atoms with Gasteiger partial charge < -0.3 is 24.3 Å². The number of carboxylic acids is 1. The molecule has 5 nitrogen and oxygen atoms in total. The number of hydrogen-bond acceptors (Lipinski definition) is 4. The first kappa shape index (κ1) is 16.2. The highest BCUT2D eigenvalue weighted by molar-refractivity contribution is 6.07. The van der Waals surface area contributed by atoms with E-state index in [1.165, 1.54) is 24.3 Å². The second kappa shape index (κ2) is 6.54. The number of carbonyl (C=O) groups is 1. The van der Waals surface area contributed by atoms with Gasteiger partial charge in [-0.15, -0.1) is 0 Å². The van der Waals surface area contributed by atoms with Crippen LogP contribution in [0.15, 0.2) is 72.8 Å². The number of ether oxygens (including phenoxy) is 1. The largest absolute Gasteiger partial charge is 0.545 e. The van der Waals surface area contributed by atoms with Crippen LogP contribution in [0.25, 0.3) is 21.8 Å². The standard InChI is InChI=1S/C21H17NO4/c23-20(26-15-11-9-14(10-12-15)21(24)25)13-22-18-7-3-1-5-16(18)17-6-2-4-8-19(17)22/h1-12,20,23H,13H2,(H,24,25)/p-1/t20-/m1/s1. The monoisotopic (exact) mass is 346 g/mol. The molecule has 0 aliphatic carbocycles. The number of nitrogens with zero attached hydrogens (tertiary/aromatic N) is 1. The van der Waals surface area contributed by atoms with Crippen LogP contribution in [0.1, 0.15) is 10.4 Å². The van der Waals surface area contributed by atoms with Crippen LogP contribution in [0, 0.1) is 0 Å². The van der Waals surface area contributed by atoms with E-state index >= 15 is 0 Å². The van der Waals surface area contributed by atoms with Crippen molar-refractivity contribution >= 4 is 27.8 Å². The Hall–Kier alpha value is -3.31. The molecule has 4 rings (SSSR count). The van der Waals surface area contributed by atoms with Crippen LogP contribution in [0.2, 0.25) is 0 Å². The Balaban J connectivity index is 1.63. The van der Waals surface area contributed by atoms with Crippen molar-refractivity contribution in [2.24, 2.45) is 0 Å². The van der Waals surface area contributed by atoms with Crippen LogP contribution in [0.4, 0.5) is 0 Å². The van der Waals surface area contributed by atoms with Gasteiger partial charge in [-0.05, 0) is 42.0 Å². The molecule has 130 valence electrons. The number of aliphatic hydroxyl groups is 1. The summed E-state index contributed by atoms with van der Waals surface area (Å²) in [6.45, 7) is 0.246. The number of carbonyl (C=O) groups excluding carboxylic acids is 1. The average molecular weight is 346 g/mol. The zero-order chi connectivity index (χ0) is 18.1. The van der Waals surface area contributed by atoms with Crippen LogP contribution in [0.5, 0.6) is 5.75 Å². The van der Waals surface area contributed by atoms with E-state index in [1.807, 2.05) is 41.0 Å². The molecule has 26 heavy (non-hydrogen) atoms. The fraction of sp³-hybridized carbons (Fsp3) is 0.0952. The predicted octanol–water partition coefficient (Wildman–Crippen LogP) is 2.56. The summed E-state index contributed by atoms with van der Waals surface area (Å²) in [4.78, 5) is 10.8. The Labute approximate surface area is 149 Å². The first-order chi connectivity index (χ1) is 12.6. The van der Waals surface area contributed by atoms with Gasteiger partial charge in [0, 0.05) is 21.8 Å². The number of para-hydroxylation sites is 2. The molecule has 1 aromatic heterocycles. The van der Waals surface area contributed by atoms with Crippen LogP contribution in [-0.2, 0) is 6.54 Å². The maximum Gasteiger partial charge on any atom is 0.215 e. The molecule has 0 saturated carbocycles. The Kier molecular flexibility index (Phi) is 4.07. The fourth-order valence-corrected chi connectivity index (χ4v) is 3.22. The molecule has 0 bridgehead atoms. The molecule has 0 aliphatic heterocycles. The van der Waals surface area contributed by atoms with Gasteiger partial charge in [0.05, 0.1) is 12.5 Å². The van der Waals surface area contributed by atoms with E-state index in [0.29, 0.717) is 5.75 Å². The van der Waals surface area contributed by atoms with E-state index in [-0.39, 0.29) is 12.1 Å². The van der Waals surface area contributed by atoms with Gasteiger partial charge >= 0.3 is 0 Å². The third-order valence-corrected chi connectivity index (χ3v) is 4.38. The van der Waals surface area contributed by atoms with E-state index in [4.69, 9.17) is 4.74 Å². The van der Waals surface area contributed by atoms with Crippen molar-refractivity contribution in [3.05, 3.63) is 78.4 Å². The molecule has 0 aliphatic rings. The van der Waals surface area contributed by atoms with Gasteiger partial charge in [0.25, 0.3) is 0 Å². The fourth-order valence-electron chi connectivity index (χ4n) is 3.22. The lowest BCUT2D eigenvalue weighted by molar-refractivity contribution is -0.255. The molecule has 4 aromatic rings. The molecule has 5 heteroatoms. The number of carboxylic acid groups (broad SMARTS) is 1. The molecule has 0 saturated heterocycles. The lowest BCUT2D eigenvalue weighted by Crippen LogP contribution is -2.23. The van der Waals surface area contributed by atoms with Crippen molar-refractivity contribution in [3.63, 3.8) is 0 Å². The molecule has 3 aromatic carbocycles. The topological polar surface area (TPSA) is 74.5 Å². The summed E-state index contributed by atoms with van der Waals surface area (Å²) >= 11 is 0. The quantitative estimate of drug-likeness (QED) is 0.564. The molecular formula is C21H16NO4-. The smallest absolute Gasteiger partial charge is 0.215 e. The third kappa shape index (κ3) is 2.89. The van der Waals surface area contributed by atoms with E-state index in [2.05, 4.69) is 12.1 Å². The Morgan fingerprint density at radius 2 is 1.46 bits per heavy atom. The summed E-state index contributed by atoms with van der Waals surface area (Å²) in [7, 11) is 0. The number of aliphatic hydroxyl groups excluding tert-OH is 1. The molecule has 0 radical (unpaired) electrons. The molecule has 0 unspecified atom stereocenters. The summed E-state index contributed by atoms with van der Waals surface area (Å²) < 4.78 is 7.56. The van der Waals surface area contributed by atoms with Crippen LogP contribution >= 0.6 is 0 Å². The SMILES string of the molecule is O=C([O-])c1ccc(O[C@@H](O)Cn2c3ccccc3c3ccccc32)cc1. The van der Waals surface area contributed by atoms with Gasteiger partial charge in [-0.3, -0.25) is 0 Å². The van der Waals surface area contributed by atoms with Gasteiger partial charge in [-0.1, -0.05) is 36.4 Å². The van der Waals surface area contributed by atoms with Gasteiger partial charge in [0.2, 0.25) is 6.29 Å². The van der Waals surface area contributed by atoms with E-state index < -0.39 is 12.3 Å². The van der Waals surface area contributed by atoms with Crippen LogP contribution < -0.4 is 9.84 Å². The summed E-state index contributed by atoms with van der Waals surface area (Å²) in [5, 5.41) is 23.4. The van der Waals surface area contributed by atoms with Crippen molar-refractivity contribution in [2.75, 3.05) is 0 Å². The van der Waals surface area contributed by atoms with Crippen LogP contribution in [-0.4, -0.2) is 21.9 Å². The number of aromatic nitrogens is 1. The summed E-state index contributed by atoms with van der Waals surface area (Å²) in [5.74, 6) is -0.856. The average Bonchev–Trinajstić information content (AvgIpc) is 2.96. The van der Waals surface area contributed by atoms with Crippen LogP contribution in [0.3, 0.4) is 0 Å². The second-order valence-corrected chi connectivity index (χ2v) is 6.03. The van der Waals surface area contributed by atoms with Crippen molar-refractivity contribution in [1.29, 1.82) is 0 Å². The van der Waals surface area contributed by atoms with E-state index in [1.54, 1.807) is 0 Å². The van der Waals surface area contributed by atoms with Crippen molar-refractivity contribution in [3.8, 4) is 5.75 Å². The van der Waals surface area contributed by atoms with Crippen molar-refractivity contribution < 1.29 is 19.7 Å². The first-order valence-electron chi connectivity index (χ1n) is 8.25. The molecule has 1 N–H and O–H groups in total. The highest BCUT2D eigenvalue weighted by atomic mass is 16.6. The predicted molar refractivity (Wildman–Crippen MR) is 96.9 cm³/mol. The van der Waals surface area contributed by atoms with E-state index in [0.717, 1.165) is 21.8 Å². The minimum absolute atomic E-state index is 0.0641. The zero-order valence-electron chi connectivity index (χ0n) is 13.8. The number of fused-ring (bicyclic) bond motifs is 3. The summed E-state index contributed by atoms with van der Waals surface area (Å²) in [6.07, 6.45) is -1.08. The minimum atomic E-state index is -1.25. The lowest BCUT2D eigenvalue weighted by atomic mass is 10.2. The number of hydrogen-bond donors (Lipinski definition) is 1. The van der Waals surface area contributed by atoms with Gasteiger partial charge in [0.15, 0.2) is 0 Å². The Bertz CT molecular complexity index is 1030. The van der Waals surface area contributed by atoms with Gasteiger partial charge in [0.1, 0.15) is 5.75 Å². The lowest BCUT2D eigenvalue weighted by Gasteiger charge is -2.16. The highest BCUT2D eigenvalue weighted by Crippen LogP contribution is 2.29. The highest BCUT2D eigenvalue weighted by Gasteiger charge is 2.14. The molecule has 0 amide bonds. The molecule has 0 fully saturated rings. The molecule has 1 atom stereocenters. The maximum atomic E-state index is 10.8. The minimum Gasteiger partial charge on any atom is -0.545 e. The Morgan fingerprint density at radius 1 is 0.923 bits per heavy atom. The maximum absolute atomic E-state index is 10.8. The zero-order valence-corrected chi connectivity index (χ0v) is 13.8. The van der Waals surface area contributed by atoms with Crippen molar-refractivity contribution in [2.45, 2.75) is 12.8 Å². The van der Waals surface area contributed by atoms with Gasteiger partial charge in [-0.25, -0.2) is 0 Å². The normalized spacial score (nSPS) is 12.3. The third-order valence-electron chi connectivity index (χ3n) is 4.38. The summed E-state index contributed by atoms with van der Waals surface area (Å²) in [6, 6.07) is 21.8. The van der Waals surface area contributed by atoms with Crippen molar-refractivity contribution in [1.82, 2.24) is 4.57 Å². The second-order valence-electron chi connectivity index (χ2n) is 6.03. The molecule has 1 heterocycles. The molecule has 0 spiro atoms. The van der Waals surface area contributed by atoms with E-state index in [9.17, 15) is 15.0 Å². The number of benzene rings is 3. The van der Waals surface area contributed by atoms with Gasteiger partial charge in [-0.2, -0.15) is 0 Å². The summed E-state index contributed by atoms with van der Waals surface area (Å²) in [5.41, 5.74) is 2.10.